The molecule has 0 bridgehead atoms. The maximum Gasteiger partial charge on any atom is 0.227 e. The van der Waals surface area contributed by atoms with Gasteiger partial charge in [-0.25, -0.2) is 0 Å². The van der Waals surface area contributed by atoms with Gasteiger partial charge in [-0.1, -0.05) is 6.07 Å². The van der Waals surface area contributed by atoms with Gasteiger partial charge < -0.3 is 29.8 Å². The van der Waals surface area contributed by atoms with Gasteiger partial charge in [0, 0.05) is 37.7 Å². The first kappa shape index (κ1) is 20.7. The molecule has 1 amide bonds. The topological polar surface area (TPSA) is 129 Å². The minimum absolute atomic E-state index is 0.0527. The Morgan fingerprint density at radius 2 is 1.86 bits per heavy atom. The summed E-state index contributed by atoms with van der Waals surface area (Å²) in [6, 6.07) is 5.73. The van der Waals surface area contributed by atoms with Crippen LogP contribution < -0.4 is 10.7 Å². The quantitative estimate of drug-likeness (QED) is 0.542. The number of nitrogens with one attached hydrogen (secondary N) is 1. The van der Waals surface area contributed by atoms with E-state index in [9.17, 15) is 24.9 Å². The van der Waals surface area contributed by atoms with E-state index in [4.69, 9.17) is 9.15 Å². The van der Waals surface area contributed by atoms with E-state index < -0.39 is 16.6 Å². The molecule has 0 spiro atoms. The predicted octanol–water partition coefficient (Wildman–Crippen LogP) is 1.86. The van der Waals surface area contributed by atoms with Gasteiger partial charge in [0.05, 0.1) is 0 Å². The Hall–Kier alpha value is -3.00. The second-order valence-electron chi connectivity index (χ2n) is 7.39. The van der Waals surface area contributed by atoms with Crippen molar-refractivity contribution in [3.63, 3.8) is 0 Å². The Bertz CT molecular complexity index is 945. The summed E-state index contributed by atoms with van der Waals surface area (Å²) < 4.78 is 11.1. The molecule has 4 N–H and O–H groups in total. The van der Waals surface area contributed by atoms with E-state index in [2.05, 4.69) is 5.32 Å². The molecule has 1 aromatic heterocycles. The smallest absolute Gasteiger partial charge is 0.227 e. The zero-order chi connectivity index (χ0) is 21.0. The van der Waals surface area contributed by atoms with E-state index in [-0.39, 0.29) is 29.6 Å². The average molecular weight is 403 g/mol. The van der Waals surface area contributed by atoms with Crippen LogP contribution >= 0.6 is 0 Å². The Labute approximate surface area is 167 Å². The molecule has 3 rings (SSSR count). The fraction of sp³-hybridized carbons (Fsp3) is 0.429. The molecule has 156 valence electrons. The van der Waals surface area contributed by atoms with Gasteiger partial charge in [0.2, 0.25) is 17.1 Å². The fourth-order valence-electron chi connectivity index (χ4n) is 3.65. The molecular weight excluding hydrogens is 378 g/mol. The molecule has 0 aliphatic carbocycles. The highest BCUT2D eigenvalue weighted by molar-refractivity contribution is 5.77. The van der Waals surface area contributed by atoms with E-state index in [1.54, 1.807) is 13.0 Å². The van der Waals surface area contributed by atoms with E-state index in [0.717, 1.165) is 5.56 Å². The summed E-state index contributed by atoms with van der Waals surface area (Å²) in [6.07, 6.45) is 1.43. The van der Waals surface area contributed by atoms with Crippen LogP contribution in [0.4, 0.5) is 0 Å². The van der Waals surface area contributed by atoms with Crippen LogP contribution in [-0.2, 0) is 21.4 Å². The van der Waals surface area contributed by atoms with Crippen LogP contribution in [-0.4, -0.2) is 41.0 Å². The van der Waals surface area contributed by atoms with Crippen LogP contribution in [0.1, 0.15) is 36.3 Å². The number of carbonyl (C=O) groups excluding carboxylic acids is 1. The van der Waals surface area contributed by atoms with Crippen molar-refractivity contribution >= 4 is 5.91 Å². The van der Waals surface area contributed by atoms with Crippen LogP contribution in [0, 0.1) is 6.92 Å². The third-order valence-electron chi connectivity index (χ3n) is 5.25. The molecule has 1 aliphatic rings. The van der Waals surface area contributed by atoms with Crippen LogP contribution in [0.3, 0.4) is 0 Å². The second kappa shape index (κ2) is 8.57. The monoisotopic (exact) mass is 403 g/mol. The normalized spacial score (nSPS) is 15.8. The summed E-state index contributed by atoms with van der Waals surface area (Å²) in [6.45, 7) is 2.76. The summed E-state index contributed by atoms with van der Waals surface area (Å²) in [5, 5.41) is 32.0. The van der Waals surface area contributed by atoms with Gasteiger partial charge in [-0.05, 0) is 43.9 Å². The Morgan fingerprint density at radius 1 is 1.14 bits per heavy atom. The van der Waals surface area contributed by atoms with E-state index >= 15 is 0 Å². The molecule has 2 aromatic rings. The van der Waals surface area contributed by atoms with Crippen molar-refractivity contribution in [1.82, 2.24) is 5.32 Å². The number of aryl methyl sites for hydroxylation is 1. The number of ether oxygens (including phenoxy) is 1. The van der Waals surface area contributed by atoms with Gasteiger partial charge in [0.15, 0.2) is 17.3 Å². The van der Waals surface area contributed by atoms with Crippen LogP contribution in [0.2, 0.25) is 0 Å². The average Bonchev–Trinajstić information content (AvgIpc) is 2.68. The number of carbonyl (C=O) groups is 1. The van der Waals surface area contributed by atoms with Crippen LogP contribution in [0.25, 0.3) is 0 Å². The first-order valence-corrected chi connectivity index (χ1v) is 9.50. The van der Waals surface area contributed by atoms with Gasteiger partial charge >= 0.3 is 0 Å². The zero-order valence-corrected chi connectivity index (χ0v) is 16.2. The zero-order valence-electron chi connectivity index (χ0n) is 16.2. The van der Waals surface area contributed by atoms with Gasteiger partial charge in [-0.15, -0.1) is 0 Å². The lowest BCUT2D eigenvalue weighted by atomic mass is 9.74. The number of phenols is 2. The fourth-order valence-corrected chi connectivity index (χ4v) is 3.65. The molecule has 0 saturated carbocycles. The SMILES string of the molecule is Cc1cc(=O)c(O)c(C2(CC(=O)NCCc3ccc(O)c(O)c3)CCOCC2)o1. The molecular formula is C21H25NO7. The Balaban J connectivity index is 1.71. The molecule has 0 radical (unpaired) electrons. The van der Waals surface area contributed by atoms with Crippen LogP contribution in [0.15, 0.2) is 33.5 Å². The first-order valence-electron chi connectivity index (χ1n) is 9.50. The van der Waals surface area contributed by atoms with Crippen molar-refractivity contribution in [3.8, 4) is 17.2 Å². The van der Waals surface area contributed by atoms with Crippen LogP contribution in [0.5, 0.6) is 17.2 Å². The molecule has 1 aromatic carbocycles. The molecule has 8 heteroatoms. The Kier molecular flexibility index (Phi) is 6.12. The number of phenolic OH excluding ortho intramolecular Hbond substituents is 2. The van der Waals surface area contributed by atoms with E-state index in [1.165, 1.54) is 18.2 Å². The predicted molar refractivity (Wildman–Crippen MR) is 104 cm³/mol. The highest BCUT2D eigenvalue weighted by Gasteiger charge is 2.41. The van der Waals surface area contributed by atoms with E-state index in [0.29, 0.717) is 44.8 Å². The number of hydrogen-bond acceptors (Lipinski definition) is 7. The van der Waals surface area contributed by atoms with Crippen molar-refractivity contribution in [2.24, 2.45) is 0 Å². The maximum atomic E-state index is 12.6. The summed E-state index contributed by atoms with van der Waals surface area (Å²) in [4.78, 5) is 24.7. The van der Waals surface area contributed by atoms with E-state index in [1.807, 2.05) is 0 Å². The Morgan fingerprint density at radius 3 is 2.55 bits per heavy atom. The number of benzene rings is 1. The van der Waals surface area contributed by atoms with Crippen molar-refractivity contribution in [1.29, 1.82) is 0 Å². The standard InChI is InChI=1S/C21H25NO7/c1-13-10-17(25)19(27)20(29-13)21(5-8-28-9-6-21)12-18(26)22-7-4-14-2-3-15(23)16(24)11-14/h2-3,10-11,23-24,27H,4-9,12H2,1H3,(H,22,26). The molecule has 29 heavy (non-hydrogen) atoms. The molecule has 2 heterocycles. The van der Waals surface area contributed by atoms with Gasteiger partial charge in [0.25, 0.3) is 0 Å². The lowest BCUT2D eigenvalue weighted by Gasteiger charge is -2.35. The molecule has 0 atom stereocenters. The summed E-state index contributed by atoms with van der Waals surface area (Å²) >= 11 is 0. The lowest BCUT2D eigenvalue weighted by molar-refractivity contribution is -0.123. The number of hydrogen-bond donors (Lipinski definition) is 4. The highest BCUT2D eigenvalue weighted by Crippen LogP contribution is 2.41. The largest absolute Gasteiger partial charge is 0.504 e. The molecule has 1 fully saturated rings. The van der Waals surface area contributed by atoms with Crippen molar-refractivity contribution < 1.29 is 29.3 Å². The van der Waals surface area contributed by atoms with Crippen molar-refractivity contribution in [3.05, 3.63) is 51.6 Å². The van der Waals surface area contributed by atoms with Crippen molar-refractivity contribution in [2.75, 3.05) is 19.8 Å². The summed E-state index contributed by atoms with van der Waals surface area (Å²) in [7, 11) is 0. The minimum Gasteiger partial charge on any atom is -0.504 e. The molecule has 1 aliphatic heterocycles. The van der Waals surface area contributed by atoms with Gasteiger partial charge in [-0.3, -0.25) is 9.59 Å². The molecule has 1 saturated heterocycles. The number of amides is 1. The summed E-state index contributed by atoms with van der Waals surface area (Å²) in [5.41, 5.74) is -0.570. The van der Waals surface area contributed by atoms with Gasteiger partial charge in [0.1, 0.15) is 5.76 Å². The number of rotatable bonds is 6. The molecule has 8 nitrogen and oxygen atoms in total. The summed E-state index contributed by atoms with van der Waals surface area (Å²) in [5.74, 6) is -0.576. The first-order chi connectivity index (χ1) is 13.8. The highest BCUT2D eigenvalue weighted by atomic mass is 16.5. The molecule has 0 unspecified atom stereocenters. The number of aromatic hydroxyl groups is 3. The second-order valence-corrected chi connectivity index (χ2v) is 7.39. The third-order valence-corrected chi connectivity index (χ3v) is 5.25. The minimum atomic E-state index is -0.811. The lowest BCUT2D eigenvalue weighted by Crippen LogP contribution is -2.40. The maximum absolute atomic E-state index is 12.6. The van der Waals surface area contributed by atoms with Gasteiger partial charge in [-0.2, -0.15) is 0 Å². The third kappa shape index (κ3) is 4.71. The van der Waals surface area contributed by atoms with Crippen molar-refractivity contribution in [2.45, 2.75) is 38.0 Å².